The molecule has 0 amide bonds. The first kappa shape index (κ1) is 20.6. The van der Waals surface area contributed by atoms with Crippen molar-refractivity contribution in [3.05, 3.63) is 77.6 Å². The van der Waals surface area contributed by atoms with Crippen molar-refractivity contribution in [1.82, 2.24) is 34.1 Å². The summed E-state index contributed by atoms with van der Waals surface area (Å²) in [5.74, 6) is 0. The Balaban J connectivity index is 1.55. The first-order chi connectivity index (χ1) is 14.8. The van der Waals surface area contributed by atoms with E-state index in [0.717, 1.165) is 4.57 Å². The standard InChI is InChI=1S/C17H19N7O7/c25-8-12-11(26)3-14(31-12)24-5-9(15(28)19-17(24)30)4-23-7-10(20-21-23)6-22-2-1-13(27)18-16(22)29/h1-2,5,7,11-12,14,25-26H,3-4,6,8H2,(H,18,27,29)(H,19,28,30)/t11-,12+,14+/m0/s1. The molecule has 0 aromatic carbocycles. The topological polar surface area (TPSA) is 190 Å². The quantitative estimate of drug-likeness (QED) is 0.309. The van der Waals surface area contributed by atoms with Gasteiger partial charge in [0, 0.05) is 24.9 Å². The van der Waals surface area contributed by atoms with Crippen molar-refractivity contribution in [2.45, 2.75) is 37.9 Å². The van der Waals surface area contributed by atoms with Gasteiger partial charge in [0.2, 0.25) is 0 Å². The molecule has 0 bridgehead atoms. The van der Waals surface area contributed by atoms with Crippen LogP contribution in [0, 0.1) is 0 Å². The maximum Gasteiger partial charge on any atom is 0.330 e. The van der Waals surface area contributed by atoms with Gasteiger partial charge in [-0.05, 0) is 0 Å². The fourth-order valence-electron chi connectivity index (χ4n) is 3.31. The smallest absolute Gasteiger partial charge is 0.330 e. The van der Waals surface area contributed by atoms with E-state index in [1.807, 2.05) is 0 Å². The fourth-order valence-corrected chi connectivity index (χ4v) is 3.31. The molecule has 4 rings (SSSR count). The number of aromatic nitrogens is 7. The number of hydrogen-bond donors (Lipinski definition) is 4. The van der Waals surface area contributed by atoms with Crippen molar-refractivity contribution in [3.8, 4) is 0 Å². The minimum absolute atomic E-state index is 0.0260. The second-order valence-corrected chi connectivity index (χ2v) is 7.08. The SMILES string of the molecule is O=c1ccn(Cc2cn(Cc3cn([C@H]4C[C@H](O)[C@@H](CO)O4)c(=O)[nH]c3=O)nn2)c(=O)[nH]1. The van der Waals surface area contributed by atoms with Gasteiger partial charge in [0.05, 0.1) is 37.6 Å². The summed E-state index contributed by atoms with van der Waals surface area (Å²) in [5, 5.41) is 27.0. The molecular formula is C17H19N7O7. The Morgan fingerprint density at radius 2 is 1.94 bits per heavy atom. The van der Waals surface area contributed by atoms with Gasteiger partial charge in [0.25, 0.3) is 11.1 Å². The molecule has 0 spiro atoms. The first-order valence-corrected chi connectivity index (χ1v) is 9.31. The summed E-state index contributed by atoms with van der Waals surface area (Å²) in [6.45, 7) is -0.369. The lowest BCUT2D eigenvalue weighted by atomic mass is 10.2. The van der Waals surface area contributed by atoms with E-state index in [4.69, 9.17) is 4.74 Å². The Morgan fingerprint density at radius 1 is 1.13 bits per heavy atom. The normalized spacial score (nSPS) is 20.9. The number of rotatable bonds is 6. The predicted molar refractivity (Wildman–Crippen MR) is 102 cm³/mol. The third-order valence-electron chi connectivity index (χ3n) is 4.88. The molecule has 3 aromatic heterocycles. The largest absolute Gasteiger partial charge is 0.394 e. The van der Waals surface area contributed by atoms with Crippen molar-refractivity contribution in [1.29, 1.82) is 0 Å². The number of aromatic amines is 2. The van der Waals surface area contributed by atoms with E-state index in [0.29, 0.717) is 5.69 Å². The molecule has 31 heavy (non-hydrogen) atoms. The molecule has 0 aliphatic carbocycles. The number of H-pyrrole nitrogens is 2. The van der Waals surface area contributed by atoms with Crippen molar-refractivity contribution in [3.63, 3.8) is 0 Å². The van der Waals surface area contributed by atoms with Crippen LogP contribution in [0.5, 0.6) is 0 Å². The van der Waals surface area contributed by atoms with Gasteiger partial charge in [-0.25, -0.2) is 14.3 Å². The molecule has 1 saturated heterocycles. The number of aliphatic hydroxyl groups is 2. The number of hydrogen-bond acceptors (Lipinski definition) is 9. The highest BCUT2D eigenvalue weighted by Crippen LogP contribution is 2.27. The zero-order chi connectivity index (χ0) is 22.1. The summed E-state index contributed by atoms with van der Waals surface area (Å²) < 4.78 is 9.21. The highest BCUT2D eigenvalue weighted by Gasteiger charge is 2.35. The number of nitrogens with one attached hydrogen (secondary N) is 2. The molecule has 1 aliphatic heterocycles. The molecule has 3 atom stereocenters. The monoisotopic (exact) mass is 433 g/mol. The molecule has 0 saturated carbocycles. The fraction of sp³-hybridized carbons (Fsp3) is 0.412. The van der Waals surface area contributed by atoms with Crippen LogP contribution in [0.3, 0.4) is 0 Å². The molecule has 14 nitrogen and oxygen atoms in total. The van der Waals surface area contributed by atoms with Gasteiger partial charge in [-0.1, -0.05) is 5.21 Å². The van der Waals surface area contributed by atoms with Crippen LogP contribution in [0.1, 0.15) is 23.9 Å². The summed E-state index contributed by atoms with van der Waals surface area (Å²) >= 11 is 0. The summed E-state index contributed by atoms with van der Waals surface area (Å²) in [6, 6.07) is 1.21. The first-order valence-electron chi connectivity index (χ1n) is 9.31. The molecule has 4 N–H and O–H groups in total. The molecule has 164 valence electrons. The highest BCUT2D eigenvalue weighted by atomic mass is 16.5. The van der Waals surface area contributed by atoms with Gasteiger partial charge in [0.15, 0.2) is 0 Å². The number of aliphatic hydroxyl groups excluding tert-OH is 2. The third kappa shape index (κ3) is 4.30. The van der Waals surface area contributed by atoms with E-state index in [1.54, 1.807) is 0 Å². The Bertz CT molecular complexity index is 1320. The van der Waals surface area contributed by atoms with Gasteiger partial charge < -0.3 is 14.9 Å². The minimum atomic E-state index is -0.938. The number of nitrogens with zero attached hydrogens (tertiary/aromatic N) is 5. The van der Waals surface area contributed by atoms with Crippen LogP contribution >= 0.6 is 0 Å². The minimum Gasteiger partial charge on any atom is -0.394 e. The maximum atomic E-state index is 12.2. The number of ether oxygens (including phenoxy) is 1. The summed E-state index contributed by atoms with van der Waals surface area (Å²) in [6.07, 6.45) is 1.64. The van der Waals surface area contributed by atoms with Gasteiger partial charge in [0.1, 0.15) is 18.0 Å². The molecule has 0 radical (unpaired) electrons. The van der Waals surface area contributed by atoms with E-state index in [2.05, 4.69) is 20.3 Å². The average Bonchev–Trinajstić information content (AvgIpc) is 3.32. The summed E-state index contributed by atoms with van der Waals surface area (Å²) in [7, 11) is 0. The van der Waals surface area contributed by atoms with E-state index in [1.165, 1.54) is 33.9 Å². The Morgan fingerprint density at radius 3 is 2.65 bits per heavy atom. The van der Waals surface area contributed by atoms with Crippen molar-refractivity contribution in [2.24, 2.45) is 0 Å². The van der Waals surface area contributed by atoms with Crippen LogP contribution in [0.25, 0.3) is 0 Å². The second kappa shape index (κ2) is 8.25. The van der Waals surface area contributed by atoms with Crippen LogP contribution in [-0.2, 0) is 17.8 Å². The van der Waals surface area contributed by atoms with Crippen molar-refractivity contribution < 1.29 is 14.9 Å². The van der Waals surface area contributed by atoms with Crippen molar-refractivity contribution >= 4 is 0 Å². The molecular weight excluding hydrogens is 414 g/mol. The lowest BCUT2D eigenvalue weighted by Gasteiger charge is -2.15. The molecule has 0 unspecified atom stereocenters. The van der Waals surface area contributed by atoms with Gasteiger partial charge >= 0.3 is 11.4 Å². The molecule has 3 aromatic rings. The Hall–Kier alpha value is -3.62. The van der Waals surface area contributed by atoms with E-state index < -0.39 is 47.5 Å². The van der Waals surface area contributed by atoms with Crippen LogP contribution < -0.4 is 22.5 Å². The van der Waals surface area contributed by atoms with Crippen LogP contribution in [-0.4, -0.2) is 63.1 Å². The zero-order valence-electron chi connectivity index (χ0n) is 16.0. The van der Waals surface area contributed by atoms with E-state index in [-0.39, 0.29) is 25.1 Å². The second-order valence-electron chi connectivity index (χ2n) is 7.08. The van der Waals surface area contributed by atoms with Crippen molar-refractivity contribution in [2.75, 3.05) is 6.61 Å². The maximum absolute atomic E-state index is 12.2. The predicted octanol–water partition coefficient (Wildman–Crippen LogP) is -3.28. The molecule has 1 aliphatic rings. The van der Waals surface area contributed by atoms with E-state index in [9.17, 15) is 29.4 Å². The van der Waals surface area contributed by atoms with Gasteiger partial charge in [-0.2, -0.15) is 0 Å². The average molecular weight is 433 g/mol. The molecule has 14 heteroatoms. The van der Waals surface area contributed by atoms with Gasteiger partial charge in [-0.3, -0.25) is 28.7 Å². The highest BCUT2D eigenvalue weighted by molar-refractivity contribution is 5.07. The summed E-state index contributed by atoms with van der Waals surface area (Å²) in [5.41, 5.74) is -1.84. The Kier molecular flexibility index (Phi) is 5.50. The summed E-state index contributed by atoms with van der Waals surface area (Å²) in [4.78, 5) is 51.7. The lowest BCUT2D eigenvalue weighted by molar-refractivity contribution is -0.0460. The zero-order valence-corrected chi connectivity index (χ0v) is 16.0. The molecule has 4 heterocycles. The van der Waals surface area contributed by atoms with E-state index >= 15 is 0 Å². The lowest BCUT2D eigenvalue weighted by Crippen LogP contribution is -2.35. The van der Waals surface area contributed by atoms with Crippen LogP contribution in [0.2, 0.25) is 0 Å². The van der Waals surface area contributed by atoms with Crippen LogP contribution in [0.15, 0.2) is 43.8 Å². The Labute approximate surface area is 172 Å². The van der Waals surface area contributed by atoms with Crippen LogP contribution in [0.4, 0.5) is 0 Å². The molecule has 1 fully saturated rings. The van der Waals surface area contributed by atoms with Gasteiger partial charge in [-0.15, -0.1) is 5.10 Å². The third-order valence-corrected chi connectivity index (χ3v) is 4.88.